The van der Waals surface area contributed by atoms with E-state index in [1.165, 1.54) is 0 Å². The maximum Gasteiger partial charge on any atom is 0.331 e. The Morgan fingerprint density at radius 3 is 2.61 bits per heavy atom. The van der Waals surface area contributed by atoms with Gasteiger partial charge >= 0.3 is 5.97 Å². The molecule has 0 amide bonds. The average Bonchev–Trinajstić information content (AvgIpc) is 2.35. The quantitative estimate of drug-likeness (QED) is 0.754. The van der Waals surface area contributed by atoms with Gasteiger partial charge in [0, 0.05) is 19.3 Å². The van der Waals surface area contributed by atoms with Crippen molar-refractivity contribution in [1.82, 2.24) is 0 Å². The number of aliphatic carboxylic acids is 1. The lowest BCUT2D eigenvalue weighted by Crippen LogP contribution is -2.07. The molecule has 1 unspecified atom stereocenters. The first-order chi connectivity index (χ1) is 8.63. The van der Waals surface area contributed by atoms with Crippen LogP contribution in [0, 0.1) is 5.92 Å². The van der Waals surface area contributed by atoms with Crippen LogP contribution in [0.15, 0.2) is 35.9 Å². The Kier molecular flexibility index (Phi) is 6.15. The van der Waals surface area contributed by atoms with Crippen LogP contribution in [0.4, 0.5) is 0 Å². The Morgan fingerprint density at radius 1 is 1.39 bits per heavy atom. The van der Waals surface area contributed by atoms with Gasteiger partial charge < -0.3 is 9.84 Å². The molecule has 98 valence electrons. The van der Waals surface area contributed by atoms with E-state index < -0.39 is 5.97 Å². The van der Waals surface area contributed by atoms with Gasteiger partial charge in [-0.15, -0.1) is 0 Å². The van der Waals surface area contributed by atoms with E-state index in [-0.39, 0.29) is 0 Å². The van der Waals surface area contributed by atoms with Crippen LogP contribution in [0.1, 0.15) is 25.3 Å². The average molecular weight is 248 g/mol. The molecule has 1 rings (SSSR count). The Bertz CT molecular complexity index is 395. The number of benzene rings is 1. The zero-order chi connectivity index (χ0) is 13.4. The van der Waals surface area contributed by atoms with Crippen molar-refractivity contribution in [3.05, 3.63) is 41.5 Å². The summed E-state index contributed by atoms with van der Waals surface area (Å²) in [6.07, 6.45) is 3.12. The zero-order valence-electron chi connectivity index (χ0n) is 10.9. The van der Waals surface area contributed by atoms with Gasteiger partial charge in [0.2, 0.25) is 0 Å². The Hall–Kier alpha value is -1.61. The number of ether oxygens (including phenoxy) is 1. The summed E-state index contributed by atoms with van der Waals surface area (Å²) in [6.45, 7) is 2.73. The molecule has 0 heterocycles. The molecule has 0 saturated carbocycles. The van der Waals surface area contributed by atoms with Crippen molar-refractivity contribution in [3.63, 3.8) is 0 Å². The smallest absolute Gasteiger partial charge is 0.331 e. The van der Waals surface area contributed by atoms with Crippen molar-refractivity contribution in [2.24, 2.45) is 5.92 Å². The Labute approximate surface area is 108 Å². The van der Waals surface area contributed by atoms with Crippen molar-refractivity contribution in [3.8, 4) is 0 Å². The van der Waals surface area contributed by atoms with Gasteiger partial charge in [-0.05, 0) is 30.4 Å². The minimum atomic E-state index is -0.844. The van der Waals surface area contributed by atoms with Crippen LogP contribution < -0.4 is 0 Å². The SMILES string of the molecule is COCC(C)CCC(=Cc1ccccc1)C(=O)O. The third kappa shape index (κ3) is 5.15. The minimum Gasteiger partial charge on any atom is -0.478 e. The summed E-state index contributed by atoms with van der Waals surface area (Å²) in [5, 5.41) is 9.18. The first-order valence-corrected chi connectivity index (χ1v) is 6.11. The second-order valence-electron chi connectivity index (χ2n) is 4.48. The monoisotopic (exact) mass is 248 g/mol. The molecule has 1 N–H and O–H groups in total. The molecule has 0 radical (unpaired) electrons. The molecule has 0 aliphatic carbocycles. The van der Waals surface area contributed by atoms with Crippen LogP contribution >= 0.6 is 0 Å². The van der Waals surface area contributed by atoms with Gasteiger partial charge in [0.25, 0.3) is 0 Å². The largest absolute Gasteiger partial charge is 0.478 e. The van der Waals surface area contributed by atoms with Crippen LogP contribution in [0.25, 0.3) is 6.08 Å². The summed E-state index contributed by atoms with van der Waals surface area (Å²) in [4.78, 5) is 11.2. The second-order valence-corrected chi connectivity index (χ2v) is 4.48. The fourth-order valence-electron chi connectivity index (χ4n) is 1.76. The minimum absolute atomic E-state index is 0.369. The van der Waals surface area contributed by atoms with Gasteiger partial charge in [-0.1, -0.05) is 37.3 Å². The third-order valence-electron chi connectivity index (χ3n) is 2.77. The van der Waals surface area contributed by atoms with Crippen LogP contribution in [0.3, 0.4) is 0 Å². The summed E-state index contributed by atoms with van der Waals surface area (Å²) in [6, 6.07) is 9.53. The summed E-state index contributed by atoms with van der Waals surface area (Å²) >= 11 is 0. The number of carboxylic acids is 1. The molecule has 3 nitrogen and oxygen atoms in total. The van der Waals surface area contributed by atoms with Crippen molar-refractivity contribution in [2.45, 2.75) is 19.8 Å². The lowest BCUT2D eigenvalue weighted by Gasteiger charge is -2.10. The van der Waals surface area contributed by atoms with Crippen LogP contribution in [-0.4, -0.2) is 24.8 Å². The van der Waals surface area contributed by atoms with E-state index in [1.54, 1.807) is 13.2 Å². The Morgan fingerprint density at radius 2 is 2.06 bits per heavy atom. The van der Waals surface area contributed by atoms with Gasteiger partial charge in [0.1, 0.15) is 0 Å². The topological polar surface area (TPSA) is 46.5 Å². The Balaban J connectivity index is 2.66. The van der Waals surface area contributed by atoms with Gasteiger partial charge in [-0.3, -0.25) is 0 Å². The highest BCUT2D eigenvalue weighted by molar-refractivity contribution is 5.92. The highest BCUT2D eigenvalue weighted by atomic mass is 16.5. The van der Waals surface area contributed by atoms with E-state index in [0.717, 1.165) is 12.0 Å². The van der Waals surface area contributed by atoms with Crippen molar-refractivity contribution in [2.75, 3.05) is 13.7 Å². The van der Waals surface area contributed by atoms with E-state index in [0.29, 0.717) is 24.5 Å². The number of hydrogen-bond acceptors (Lipinski definition) is 2. The molecule has 1 aromatic carbocycles. The number of rotatable bonds is 7. The molecule has 18 heavy (non-hydrogen) atoms. The molecule has 0 aliphatic heterocycles. The molecule has 0 spiro atoms. The lowest BCUT2D eigenvalue weighted by atomic mass is 10.00. The maximum atomic E-state index is 11.2. The molecule has 1 atom stereocenters. The first-order valence-electron chi connectivity index (χ1n) is 6.11. The normalized spacial score (nSPS) is 13.3. The van der Waals surface area contributed by atoms with Gasteiger partial charge in [-0.25, -0.2) is 4.79 Å². The lowest BCUT2D eigenvalue weighted by molar-refractivity contribution is -0.132. The van der Waals surface area contributed by atoms with Crippen LogP contribution in [-0.2, 0) is 9.53 Å². The van der Waals surface area contributed by atoms with Crippen LogP contribution in [0.2, 0.25) is 0 Å². The molecule has 0 fully saturated rings. The summed E-state index contributed by atoms with van der Waals surface area (Å²) in [7, 11) is 1.66. The second kappa shape index (κ2) is 7.67. The van der Waals surface area contributed by atoms with Gasteiger partial charge in [0.15, 0.2) is 0 Å². The van der Waals surface area contributed by atoms with E-state index in [1.807, 2.05) is 30.3 Å². The third-order valence-corrected chi connectivity index (χ3v) is 2.77. The molecule has 1 aromatic rings. The van der Waals surface area contributed by atoms with Crippen molar-refractivity contribution >= 4 is 12.0 Å². The van der Waals surface area contributed by atoms with Gasteiger partial charge in [0.05, 0.1) is 0 Å². The fraction of sp³-hybridized carbons (Fsp3) is 0.400. The molecule has 3 heteroatoms. The summed E-state index contributed by atoms with van der Waals surface area (Å²) < 4.78 is 5.05. The maximum absolute atomic E-state index is 11.2. The number of carboxylic acid groups (broad SMARTS) is 1. The number of methoxy groups -OCH3 is 1. The fourth-order valence-corrected chi connectivity index (χ4v) is 1.76. The molecule has 0 aromatic heterocycles. The predicted octanol–water partition coefficient (Wildman–Crippen LogP) is 3.22. The van der Waals surface area contributed by atoms with E-state index in [4.69, 9.17) is 4.74 Å². The highest BCUT2D eigenvalue weighted by Crippen LogP contribution is 2.16. The molecule has 0 aliphatic rings. The molecule has 0 bridgehead atoms. The zero-order valence-corrected chi connectivity index (χ0v) is 10.9. The first kappa shape index (κ1) is 14.5. The number of carbonyl (C=O) groups is 1. The molecular formula is C15H20O3. The highest BCUT2D eigenvalue weighted by Gasteiger charge is 2.10. The summed E-state index contributed by atoms with van der Waals surface area (Å²) in [5.41, 5.74) is 1.37. The van der Waals surface area contributed by atoms with Crippen molar-refractivity contribution in [1.29, 1.82) is 0 Å². The standard InChI is InChI=1S/C15H20O3/c1-12(11-18-2)8-9-14(15(16)17)10-13-6-4-3-5-7-13/h3-7,10,12H,8-9,11H2,1-2H3,(H,16,17). The predicted molar refractivity (Wildman–Crippen MR) is 72.3 cm³/mol. The van der Waals surface area contributed by atoms with Gasteiger partial charge in [-0.2, -0.15) is 0 Å². The molecular weight excluding hydrogens is 228 g/mol. The van der Waals surface area contributed by atoms with E-state index >= 15 is 0 Å². The van der Waals surface area contributed by atoms with Crippen molar-refractivity contribution < 1.29 is 14.6 Å². The van der Waals surface area contributed by atoms with E-state index in [2.05, 4.69) is 6.92 Å². The van der Waals surface area contributed by atoms with Crippen LogP contribution in [0.5, 0.6) is 0 Å². The molecule has 0 saturated heterocycles. The number of hydrogen-bond donors (Lipinski definition) is 1. The summed E-state index contributed by atoms with van der Waals surface area (Å²) in [5.74, 6) is -0.475. The van der Waals surface area contributed by atoms with E-state index in [9.17, 15) is 9.90 Å².